The summed E-state index contributed by atoms with van der Waals surface area (Å²) < 4.78 is 0. The van der Waals surface area contributed by atoms with Gasteiger partial charge in [0.2, 0.25) is 0 Å². The quantitative estimate of drug-likeness (QED) is 0.646. The van der Waals surface area contributed by atoms with E-state index in [1.54, 1.807) is 0 Å². The van der Waals surface area contributed by atoms with Gasteiger partial charge in [-0.05, 0) is 36.0 Å². The number of allylic oxidation sites excluding steroid dienone is 2. The molecule has 19 heavy (non-hydrogen) atoms. The summed E-state index contributed by atoms with van der Waals surface area (Å²) in [6.07, 6.45) is 3.49. The average molecular weight is 250 g/mol. The van der Waals surface area contributed by atoms with E-state index in [2.05, 4.69) is 63.2 Å². The first-order chi connectivity index (χ1) is 9.18. The van der Waals surface area contributed by atoms with E-state index < -0.39 is 0 Å². The highest BCUT2D eigenvalue weighted by Crippen LogP contribution is 2.31. The van der Waals surface area contributed by atoms with Crippen molar-refractivity contribution in [2.75, 3.05) is 0 Å². The van der Waals surface area contributed by atoms with Crippen LogP contribution < -0.4 is 0 Å². The molecule has 0 heteroatoms. The zero-order valence-electron chi connectivity index (χ0n) is 12.1. The fraction of sp³-hybridized carbons (Fsp3) is 0.263. The van der Waals surface area contributed by atoms with Crippen LogP contribution in [0.4, 0.5) is 0 Å². The van der Waals surface area contributed by atoms with E-state index in [-0.39, 0.29) is 0 Å². The first kappa shape index (κ1) is 13.6. The molecular formula is C19H22. The van der Waals surface area contributed by atoms with Crippen LogP contribution in [0.15, 0.2) is 60.7 Å². The van der Waals surface area contributed by atoms with E-state index in [1.807, 2.05) is 18.2 Å². The maximum atomic E-state index is 2.36. The largest absolute Gasteiger partial charge is 0.0760 e. The smallest absolute Gasteiger partial charge is 0.00853 e. The second-order valence-corrected chi connectivity index (χ2v) is 5.33. The molecule has 0 saturated heterocycles. The van der Waals surface area contributed by atoms with Crippen molar-refractivity contribution in [1.82, 2.24) is 0 Å². The summed E-state index contributed by atoms with van der Waals surface area (Å²) in [5.74, 6) is 0.661. The standard InChI is InChI=1S/C12H14.C7H8/c1-9(2)11-8-7-10-5-3-4-6-12(10)11;1-7-5-3-2-4-6-7/h3-6,8-9H,7H2,1-2H3;2-6H,1H3. The van der Waals surface area contributed by atoms with Gasteiger partial charge in [0.05, 0.1) is 0 Å². The van der Waals surface area contributed by atoms with E-state index in [0.29, 0.717) is 5.92 Å². The molecule has 0 nitrogen and oxygen atoms in total. The van der Waals surface area contributed by atoms with E-state index >= 15 is 0 Å². The lowest BCUT2D eigenvalue weighted by Gasteiger charge is -2.08. The van der Waals surface area contributed by atoms with Crippen LogP contribution in [0.5, 0.6) is 0 Å². The molecule has 0 saturated carbocycles. The van der Waals surface area contributed by atoms with Crippen molar-refractivity contribution < 1.29 is 0 Å². The monoisotopic (exact) mass is 250 g/mol. The summed E-state index contributed by atoms with van der Waals surface area (Å²) in [5.41, 5.74) is 5.79. The third kappa shape index (κ3) is 3.57. The Labute approximate surface area is 116 Å². The molecular weight excluding hydrogens is 228 g/mol. The molecule has 0 unspecified atom stereocenters. The van der Waals surface area contributed by atoms with Crippen LogP contribution in [0, 0.1) is 12.8 Å². The van der Waals surface area contributed by atoms with Gasteiger partial charge < -0.3 is 0 Å². The average Bonchev–Trinajstić information content (AvgIpc) is 2.84. The Balaban J connectivity index is 0.000000163. The third-order valence-corrected chi connectivity index (χ3v) is 3.43. The molecule has 0 aromatic heterocycles. The van der Waals surface area contributed by atoms with Crippen molar-refractivity contribution in [3.05, 3.63) is 77.4 Å². The van der Waals surface area contributed by atoms with Crippen molar-refractivity contribution in [3.63, 3.8) is 0 Å². The second kappa shape index (κ2) is 6.38. The van der Waals surface area contributed by atoms with Crippen molar-refractivity contribution in [2.24, 2.45) is 5.92 Å². The number of rotatable bonds is 1. The molecule has 0 fully saturated rings. The van der Waals surface area contributed by atoms with E-state index in [4.69, 9.17) is 0 Å². The first-order valence-electron chi connectivity index (χ1n) is 6.98. The highest BCUT2D eigenvalue weighted by molar-refractivity contribution is 5.73. The highest BCUT2D eigenvalue weighted by Gasteiger charge is 2.14. The minimum Gasteiger partial charge on any atom is -0.0760 e. The molecule has 0 spiro atoms. The molecule has 0 heterocycles. The zero-order chi connectivity index (χ0) is 13.7. The Morgan fingerprint density at radius 1 is 0.842 bits per heavy atom. The Morgan fingerprint density at radius 2 is 1.47 bits per heavy atom. The first-order valence-corrected chi connectivity index (χ1v) is 6.98. The molecule has 3 rings (SSSR count). The number of benzene rings is 2. The maximum absolute atomic E-state index is 2.36. The molecule has 0 atom stereocenters. The van der Waals surface area contributed by atoms with Crippen molar-refractivity contribution >= 4 is 5.57 Å². The summed E-state index contributed by atoms with van der Waals surface area (Å²) in [6, 6.07) is 19.0. The Bertz CT molecular complexity index is 547. The van der Waals surface area contributed by atoms with Gasteiger partial charge in [0.25, 0.3) is 0 Å². The molecule has 0 radical (unpaired) electrons. The van der Waals surface area contributed by atoms with Gasteiger partial charge in [-0.3, -0.25) is 0 Å². The van der Waals surface area contributed by atoms with Gasteiger partial charge in [-0.2, -0.15) is 0 Å². The van der Waals surface area contributed by atoms with Crippen molar-refractivity contribution in [1.29, 1.82) is 0 Å². The van der Waals surface area contributed by atoms with Crippen LogP contribution in [0.3, 0.4) is 0 Å². The number of hydrogen-bond acceptors (Lipinski definition) is 0. The topological polar surface area (TPSA) is 0 Å². The van der Waals surface area contributed by atoms with Gasteiger partial charge in [0.1, 0.15) is 0 Å². The zero-order valence-corrected chi connectivity index (χ0v) is 12.1. The fourth-order valence-corrected chi connectivity index (χ4v) is 2.39. The number of fused-ring (bicyclic) bond motifs is 1. The van der Waals surface area contributed by atoms with Gasteiger partial charge in [-0.25, -0.2) is 0 Å². The summed E-state index contributed by atoms with van der Waals surface area (Å²) in [4.78, 5) is 0. The summed E-state index contributed by atoms with van der Waals surface area (Å²) in [6.45, 7) is 6.60. The summed E-state index contributed by atoms with van der Waals surface area (Å²) in [5, 5.41) is 0. The van der Waals surface area contributed by atoms with Gasteiger partial charge in [-0.15, -0.1) is 0 Å². The van der Waals surface area contributed by atoms with Crippen LogP contribution in [-0.2, 0) is 6.42 Å². The third-order valence-electron chi connectivity index (χ3n) is 3.43. The van der Waals surface area contributed by atoms with Gasteiger partial charge in [-0.1, -0.05) is 80.1 Å². The lowest BCUT2D eigenvalue weighted by Crippen LogP contribution is -1.90. The Kier molecular flexibility index (Phi) is 4.57. The van der Waals surface area contributed by atoms with Crippen LogP contribution in [0.2, 0.25) is 0 Å². The van der Waals surface area contributed by atoms with Crippen LogP contribution in [-0.4, -0.2) is 0 Å². The Hall–Kier alpha value is -1.82. The molecule has 1 aliphatic carbocycles. The summed E-state index contributed by atoms with van der Waals surface area (Å²) in [7, 11) is 0. The SMILES string of the molecule is CC(C)C1=CCc2ccccc21.Cc1ccccc1. The number of aryl methyl sites for hydroxylation is 1. The van der Waals surface area contributed by atoms with Crippen molar-refractivity contribution in [2.45, 2.75) is 27.2 Å². The van der Waals surface area contributed by atoms with Crippen LogP contribution >= 0.6 is 0 Å². The molecule has 0 amide bonds. The molecule has 0 N–H and O–H groups in total. The van der Waals surface area contributed by atoms with Gasteiger partial charge in [0, 0.05) is 0 Å². The van der Waals surface area contributed by atoms with E-state index in [9.17, 15) is 0 Å². The minimum atomic E-state index is 0.661. The molecule has 0 aliphatic heterocycles. The molecule has 1 aliphatic rings. The van der Waals surface area contributed by atoms with Gasteiger partial charge in [0.15, 0.2) is 0 Å². The molecule has 2 aromatic rings. The van der Waals surface area contributed by atoms with Gasteiger partial charge >= 0.3 is 0 Å². The highest BCUT2D eigenvalue weighted by atomic mass is 14.2. The lowest BCUT2D eigenvalue weighted by molar-refractivity contribution is 0.857. The van der Waals surface area contributed by atoms with Crippen LogP contribution in [0.1, 0.15) is 30.5 Å². The molecule has 0 bridgehead atoms. The maximum Gasteiger partial charge on any atom is -0.00853 e. The molecule has 2 aromatic carbocycles. The fourth-order valence-electron chi connectivity index (χ4n) is 2.39. The summed E-state index contributed by atoms with van der Waals surface area (Å²) >= 11 is 0. The lowest BCUT2D eigenvalue weighted by atomic mass is 9.97. The number of hydrogen-bond donors (Lipinski definition) is 0. The second-order valence-electron chi connectivity index (χ2n) is 5.33. The predicted molar refractivity (Wildman–Crippen MR) is 84.1 cm³/mol. The van der Waals surface area contributed by atoms with Crippen LogP contribution in [0.25, 0.3) is 5.57 Å². The minimum absolute atomic E-state index is 0.661. The predicted octanol–water partition coefficient (Wildman–Crippen LogP) is 5.28. The normalized spacial score (nSPS) is 12.5. The van der Waals surface area contributed by atoms with E-state index in [0.717, 1.165) is 6.42 Å². The molecule has 98 valence electrons. The Morgan fingerprint density at radius 3 is 2.05 bits per heavy atom. The van der Waals surface area contributed by atoms with E-state index in [1.165, 1.54) is 22.3 Å². The van der Waals surface area contributed by atoms with Crippen molar-refractivity contribution in [3.8, 4) is 0 Å².